The van der Waals surface area contributed by atoms with E-state index in [0.717, 1.165) is 63.2 Å². The van der Waals surface area contributed by atoms with Gasteiger partial charge in [0.1, 0.15) is 5.82 Å². The summed E-state index contributed by atoms with van der Waals surface area (Å²) in [7, 11) is 1.95. The van der Waals surface area contributed by atoms with Gasteiger partial charge in [0.2, 0.25) is 5.91 Å². The van der Waals surface area contributed by atoms with E-state index < -0.39 is 0 Å². The molecular weight excluding hydrogens is 336 g/mol. The van der Waals surface area contributed by atoms with Gasteiger partial charge in [0, 0.05) is 26.2 Å². The standard InChI is InChI=1S/C22H34N4O/c1-5-6-13-24(4)22(27)18-10-9-14-25(15-18)16-21-23-19-11-7-8-12-20(19)26(21)17(2)3/h7-8,11-12,17-18H,5-6,9-10,13-16H2,1-4H3/t18-/m1/s1. The summed E-state index contributed by atoms with van der Waals surface area (Å²) < 4.78 is 2.34. The van der Waals surface area contributed by atoms with Crippen LogP contribution in [0.1, 0.15) is 58.3 Å². The van der Waals surface area contributed by atoms with Crippen LogP contribution in [0.15, 0.2) is 24.3 Å². The summed E-state index contributed by atoms with van der Waals surface area (Å²) in [6.45, 7) is 10.2. The number of carbonyl (C=O) groups excluding carboxylic acids is 1. The fourth-order valence-electron chi connectivity index (χ4n) is 4.20. The van der Waals surface area contributed by atoms with E-state index in [0.29, 0.717) is 11.9 Å². The van der Waals surface area contributed by atoms with Crippen molar-refractivity contribution in [1.29, 1.82) is 0 Å². The van der Waals surface area contributed by atoms with Crippen LogP contribution in [0.25, 0.3) is 11.0 Å². The molecule has 1 aliphatic heterocycles. The summed E-state index contributed by atoms with van der Waals surface area (Å²) in [5.41, 5.74) is 2.26. The number of fused-ring (bicyclic) bond motifs is 1. The van der Waals surface area contributed by atoms with E-state index in [1.54, 1.807) is 0 Å². The topological polar surface area (TPSA) is 41.4 Å². The molecule has 0 unspecified atom stereocenters. The first-order valence-corrected chi connectivity index (χ1v) is 10.4. The Kier molecular flexibility index (Phi) is 6.53. The Morgan fingerprint density at radius 2 is 2.11 bits per heavy atom. The van der Waals surface area contributed by atoms with E-state index >= 15 is 0 Å². The van der Waals surface area contributed by atoms with Crippen LogP contribution in [0, 0.1) is 5.92 Å². The summed E-state index contributed by atoms with van der Waals surface area (Å²) in [6.07, 6.45) is 4.29. The molecular formula is C22H34N4O. The minimum atomic E-state index is 0.123. The molecule has 1 aromatic heterocycles. The molecule has 5 nitrogen and oxygen atoms in total. The second-order valence-electron chi connectivity index (χ2n) is 8.17. The van der Waals surface area contributed by atoms with Crippen molar-refractivity contribution in [2.24, 2.45) is 5.92 Å². The molecule has 1 atom stereocenters. The Morgan fingerprint density at radius 3 is 2.85 bits per heavy atom. The Hall–Kier alpha value is -1.88. The third kappa shape index (κ3) is 4.52. The van der Waals surface area contributed by atoms with Crippen molar-refractivity contribution in [3.05, 3.63) is 30.1 Å². The molecule has 2 heterocycles. The second-order valence-corrected chi connectivity index (χ2v) is 8.17. The molecule has 0 aliphatic carbocycles. The van der Waals surface area contributed by atoms with E-state index in [4.69, 9.17) is 4.98 Å². The number of imidazole rings is 1. The average Bonchev–Trinajstić information content (AvgIpc) is 3.03. The van der Waals surface area contributed by atoms with E-state index in [2.05, 4.69) is 48.4 Å². The number of hydrogen-bond donors (Lipinski definition) is 0. The third-order valence-electron chi connectivity index (χ3n) is 5.63. The van der Waals surface area contributed by atoms with Crippen molar-refractivity contribution in [3.63, 3.8) is 0 Å². The predicted molar refractivity (Wildman–Crippen MR) is 111 cm³/mol. The number of carbonyl (C=O) groups is 1. The highest BCUT2D eigenvalue weighted by molar-refractivity contribution is 5.79. The summed E-state index contributed by atoms with van der Waals surface area (Å²) >= 11 is 0. The van der Waals surface area contributed by atoms with E-state index in [-0.39, 0.29) is 5.92 Å². The van der Waals surface area contributed by atoms with E-state index in [1.807, 2.05) is 18.0 Å². The summed E-state index contributed by atoms with van der Waals surface area (Å²) in [4.78, 5) is 22.0. The lowest BCUT2D eigenvalue weighted by atomic mass is 9.96. The van der Waals surface area contributed by atoms with Crippen molar-refractivity contribution >= 4 is 16.9 Å². The number of piperidine rings is 1. The SMILES string of the molecule is CCCCN(C)C(=O)[C@@H]1CCCN(Cc2nc3ccccc3n2C(C)C)C1. The largest absolute Gasteiger partial charge is 0.345 e. The van der Waals surface area contributed by atoms with Gasteiger partial charge < -0.3 is 9.47 Å². The van der Waals surface area contributed by atoms with Crippen LogP contribution in [0.4, 0.5) is 0 Å². The molecule has 0 bridgehead atoms. The van der Waals surface area contributed by atoms with Gasteiger partial charge in [0.15, 0.2) is 0 Å². The highest BCUT2D eigenvalue weighted by atomic mass is 16.2. The lowest BCUT2D eigenvalue weighted by Gasteiger charge is -2.34. The molecule has 1 amide bonds. The van der Waals surface area contributed by atoms with Crippen molar-refractivity contribution in [3.8, 4) is 0 Å². The van der Waals surface area contributed by atoms with Gasteiger partial charge in [-0.15, -0.1) is 0 Å². The first-order chi connectivity index (χ1) is 13.0. The van der Waals surface area contributed by atoms with Crippen molar-refractivity contribution in [2.45, 2.75) is 59.0 Å². The van der Waals surface area contributed by atoms with Crippen LogP contribution in [0.5, 0.6) is 0 Å². The van der Waals surface area contributed by atoms with Crippen molar-refractivity contribution in [1.82, 2.24) is 19.4 Å². The second kappa shape index (κ2) is 8.87. The molecule has 1 fully saturated rings. The van der Waals surface area contributed by atoms with Crippen LogP contribution in [-0.2, 0) is 11.3 Å². The van der Waals surface area contributed by atoms with E-state index in [9.17, 15) is 4.79 Å². The summed E-state index contributed by atoms with van der Waals surface area (Å²) in [5.74, 6) is 1.54. The number of amides is 1. The molecule has 1 saturated heterocycles. The molecule has 3 rings (SSSR count). The number of unbranched alkanes of at least 4 members (excludes halogenated alkanes) is 1. The molecule has 148 valence electrons. The molecule has 2 aromatic rings. The predicted octanol–water partition coefficient (Wildman–Crippen LogP) is 4.09. The molecule has 1 aromatic carbocycles. The number of nitrogens with zero attached hydrogens (tertiary/aromatic N) is 4. The molecule has 0 radical (unpaired) electrons. The minimum absolute atomic E-state index is 0.123. The smallest absolute Gasteiger partial charge is 0.226 e. The maximum atomic E-state index is 12.8. The molecule has 5 heteroatoms. The quantitative estimate of drug-likeness (QED) is 0.737. The average molecular weight is 371 g/mol. The zero-order valence-electron chi connectivity index (χ0n) is 17.3. The zero-order valence-corrected chi connectivity index (χ0v) is 17.3. The van der Waals surface area contributed by atoms with Gasteiger partial charge in [-0.25, -0.2) is 4.98 Å². The van der Waals surface area contributed by atoms with Gasteiger partial charge in [0.25, 0.3) is 0 Å². The number of rotatable bonds is 7. The van der Waals surface area contributed by atoms with Crippen LogP contribution >= 0.6 is 0 Å². The molecule has 0 N–H and O–H groups in total. The van der Waals surface area contributed by atoms with Gasteiger partial charge in [-0.05, 0) is 51.8 Å². The van der Waals surface area contributed by atoms with Crippen molar-refractivity contribution in [2.75, 3.05) is 26.7 Å². The monoisotopic (exact) mass is 370 g/mol. The number of likely N-dealkylation sites (tertiary alicyclic amines) is 1. The van der Waals surface area contributed by atoms with Crippen LogP contribution in [-0.4, -0.2) is 51.9 Å². The normalized spacial score (nSPS) is 18.3. The maximum absolute atomic E-state index is 12.8. The highest BCUT2D eigenvalue weighted by Gasteiger charge is 2.28. The number of aromatic nitrogens is 2. The van der Waals surface area contributed by atoms with Gasteiger partial charge in [0.05, 0.1) is 23.5 Å². The molecule has 27 heavy (non-hydrogen) atoms. The Morgan fingerprint density at radius 1 is 1.33 bits per heavy atom. The van der Waals surface area contributed by atoms with Crippen LogP contribution in [0.2, 0.25) is 0 Å². The molecule has 0 saturated carbocycles. The zero-order chi connectivity index (χ0) is 19.4. The lowest BCUT2D eigenvalue weighted by molar-refractivity contribution is -0.136. The van der Waals surface area contributed by atoms with E-state index in [1.165, 1.54) is 5.52 Å². The molecule has 0 spiro atoms. The van der Waals surface area contributed by atoms with Gasteiger partial charge in [-0.3, -0.25) is 9.69 Å². The fourth-order valence-corrected chi connectivity index (χ4v) is 4.20. The Bertz CT molecular complexity index is 767. The van der Waals surface area contributed by atoms with Gasteiger partial charge >= 0.3 is 0 Å². The first-order valence-electron chi connectivity index (χ1n) is 10.4. The Labute approximate surface area is 163 Å². The summed E-state index contributed by atoms with van der Waals surface area (Å²) in [5, 5.41) is 0. The highest BCUT2D eigenvalue weighted by Crippen LogP contribution is 2.25. The number of para-hydroxylation sites is 2. The minimum Gasteiger partial charge on any atom is -0.345 e. The maximum Gasteiger partial charge on any atom is 0.226 e. The third-order valence-corrected chi connectivity index (χ3v) is 5.63. The number of benzene rings is 1. The van der Waals surface area contributed by atoms with Crippen LogP contribution in [0.3, 0.4) is 0 Å². The lowest BCUT2D eigenvalue weighted by Crippen LogP contribution is -2.43. The first kappa shape index (κ1) is 19.9. The fraction of sp³-hybridized carbons (Fsp3) is 0.636. The Balaban J connectivity index is 1.72. The molecule has 1 aliphatic rings. The van der Waals surface area contributed by atoms with Gasteiger partial charge in [-0.1, -0.05) is 25.5 Å². The number of hydrogen-bond acceptors (Lipinski definition) is 3. The van der Waals surface area contributed by atoms with Crippen molar-refractivity contribution < 1.29 is 4.79 Å². The van der Waals surface area contributed by atoms with Crippen LogP contribution < -0.4 is 0 Å². The van der Waals surface area contributed by atoms with Gasteiger partial charge in [-0.2, -0.15) is 0 Å². The summed E-state index contributed by atoms with van der Waals surface area (Å²) in [6, 6.07) is 8.73.